The van der Waals surface area contributed by atoms with Crippen LogP contribution in [0.1, 0.15) is 6.92 Å². The summed E-state index contributed by atoms with van der Waals surface area (Å²) in [5.74, 6) is 0.541. The number of hydrogen-bond donors (Lipinski definition) is 0. The Bertz CT molecular complexity index is 191. The molecule has 2 fully saturated rings. The SMILES string of the molecule is C=C1COC2(OCC(C)O2)O1. The summed E-state index contributed by atoms with van der Waals surface area (Å²) in [7, 11) is 0. The Balaban J connectivity index is 2.07. The van der Waals surface area contributed by atoms with E-state index in [0.717, 1.165) is 0 Å². The third-order valence-electron chi connectivity index (χ3n) is 1.52. The van der Waals surface area contributed by atoms with E-state index in [1.165, 1.54) is 0 Å². The summed E-state index contributed by atoms with van der Waals surface area (Å²) < 4.78 is 20.6. The van der Waals surface area contributed by atoms with Crippen LogP contribution in [-0.4, -0.2) is 25.5 Å². The lowest BCUT2D eigenvalue weighted by molar-refractivity contribution is -0.421. The van der Waals surface area contributed by atoms with Gasteiger partial charge >= 0.3 is 6.16 Å². The maximum atomic E-state index is 5.25. The van der Waals surface area contributed by atoms with E-state index in [4.69, 9.17) is 18.9 Å². The molecule has 0 aromatic heterocycles. The molecule has 2 saturated heterocycles. The molecule has 2 atom stereocenters. The standard InChI is InChI=1S/C7H10O4/c1-5-3-8-7(10-5)9-4-6(2)11-7/h6H,1,3-4H2,2H3. The minimum atomic E-state index is -1.27. The molecule has 0 amide bonds. The molecule has 2 heterocycles. The molecule has 0 bridgehead atoms. The van der Waals surface area contributed by atoms with Crippen molar-refractivity contribution >= 4 is 0 Å². The fraction of sp³-hybridized carbons (Fsp3) is 0.714. The van der Waals surface area contributed by atoms with Crippen LogP contribution in [0.25, 0.3) is 0 Å². The Hall–Kier alpha value is -0.580. The van der Waals surface area contributed by atoms with Crippen LogP contribution in [0.4, 0.5) is 0 Å². The van der Waals surface area contributed by atoms with Crippen molar-refractivity contribution in [3.05, 3.63) is 12.3 Å². The monoisotopic (exact) mass is 158 g/mol. The van der Waals surface area contributed by atoms with Gasteiger partial charge < -0.3 is 4.74 Å². The lowest BCUT2D eigenvalue weighted by Gasteiger charge is -2.17. The summed E-state index contributed by atoms with van der Waals surface area (Å²) in [6.45, 7) is 6.32. The van der Waals surface area contributed by atoms with Gasteiger partial charge in [-0.2, -0.15) is 0 Å². The Labute approximate surface area is 64.7 Å². The van der Waals surface area contributed by atoms with Gasteiger partial charge in [-0.05, 0) is 6.92 Å². The summed E-state index contributed by atoms with van der Waals surface area (Å²) in [5.41, 5.74) is 0. The number of rotatable bonds is 0. The lowest BCUT2D eigenvalue weighted by Crippen LogP contribution is -2.31. The van der Waals surface area contributed by atoms with E-state index in [9.17, 15) is 0 Å². The summed E-state index contributed by atoms with van der Waals surface area (Å²) in [5, 5.41) is 0. The van der Waals surface area contributed by atoms with Crippen molar-refractivity contribution in [1.29, 1.82) is 0 Å². The third kappa shape index (κ3) is 1.13. The van der Waals surface area contributed by atoms with Crippen LogP contribution in [0.15, 0.2) is 12.3 Å². The topological polar surface area (TPSA) is 36.9 Å². The Morgan fingerprint density at radius 1 is 1.55 bits per heavy atom. The zero-order valence-corrected chi connectivity index (χ0v) is 6.33. The van der Waals surface area contributed by atoms with E-state index in [1.54, 1.807) is 0 Å². The smallest absolute Gasteiger partial charge is 0.419 e. The molecule has 2 aliphatic rings. The van der Waals surface area contributed by atoms with Crippen LogP contribution in [0.2, 0.25) is 0 Å². The van der Waals surface area contributed by atoms with E-state index in [-0.39, 0.29) is 6.10 Å². The van der Waals surface area contributed by atoms with Crippen LogP contribution < -0.4 is 0 Å². The highest BCUT2D eigenvalue weighted by Gasteiger charge is 2.49. The van der Waals surface area contributed by atoms with Gasteiger partial charge in [-0.25, -0.2) is 0 Å². The maximum Gasteiger partial charge on any atom is 0.461 e. The number of ether oxygens (including phenoxy) is 4. The molecule has 0 aromatic rings. The molecule has 2 rings (SSSR count). The van der Waals surface area contributed by atoms with E-state index < -0.39 is 6.16 Å². The molecule has 0 saturated carbocycles. The first-order valence-electron chi connectivity index (χ1n) is 3.53. The van der Waals surface area contributed by atoms with Gasteiger partial charge in [-0.15, -0.1) is 0 Å². The Morgan fingerprint density at radius 2 is 2.36 bits per heavy atom. The van der Waals surface area contributed by atoms with Crippen LogP contribution in [0.5, 0.6) is 0 Å². The van der Waals surface area contributed by atoms with E-state index in [1.807, 2.05) is 6.92 Å². The summed E-state index contributed by atoms with van der Waals surface area (Å²) in [6, 6.07) is 0. The first-order valence-corrected chi connectivity index (χ1v) is 3.53. The highest BCUT2D eigenvalue weighted by atomic mass is 17.1. The number of hydrogen-bond acceptors (Lipinski definition) is 4. The molecule has 0 aliphatic carbocycles. The quantitative estimate of drug-likeness (QED) is 0.517. The zero-order valence-electron chi connectivity index (χ0n) is 6.33. The van der Waals surface area contributed by atoms with Crippen LogP contribution >= 0.6 is 0 Å². The molecule has 0 aromatic carbocycles. The molecule has 2 unspecified atom stereocenters. The molecule has 0 radical (unpaired) electrons. The molecular weight excluding hydrogens is 148 g/mol. The molecule has 2 aliphatic heterocycles. The van der Waals surface area contributed by atoms with Crippen molar-refractivity contribution in [1.82, 2.24) is 0 Å². The van der Waals surface area contributed by atoms with Gasteiger partial charge in [0.25, 0.3) is 0 Å². The van der Waals surface area contributed by atoms with Crippen LogP contribution in [-0.2, 0) is 18.9 Å². The van der Waals surface area contributed by atoms with E-state index >= 15 is 0 Å². The Kier molecular flexibility index (Phi) is 1.42. The van der Waals surface area contributed by atoms with Crippen molar-refractivity contribution in [3.63, 3.8) is 0 Å². The predicted molar refractivity (Wildman–Crippen MR) is 35.4 cm³/mol. The molecular formula is C7H10O4. The first-order chi connectivity index (χ1) is 5.20. The summed E-state index contributed by atoms with van der Waals surface area (Å²) >= 11 is 0. The van der Waals surface area contributed by atoms with Crippen LogP contribution in [0, 0.1) is 0 Å². The second-order valence-corrected chi connectivity index (χ2v) is 2.67. The molecule has 62 valence electrons. The fourth-order valence-corrected chi connectivity index (χ4v) is 1.07. The molecule has 11 heavy (non-hydrogen) atoms. The highest BCUT2D eigenvalue weighted by molar-refractivity contribution is 4.88. The van der Waals surface area contributed by atoms with Gasteiger partial charge in [0.05, 0.1) is 12.7 Å². The summed E-state index contributed by atoms with van der Waals surface area (Å²) in [4.78, 5) is 0. The lowest BCUT2D eigenvalue weighted by atomic mass is 10.5. The van der Waals surface area contributed by atoms with Crippen LogP contribution in [0.3, 0.4) is 0 Å². The molecule has 0 N–H and O–H groups in total. The second-order valence-electron chi connectivity index (χ2n) is 2.67. The minimum Gasteiger partial charge on any atom is -0.419 e. The van der Waals surface area contributed by atoms with Crippen molar-refractivity contribution in [2.75, 3.05) is 13.2 Å². The van der Waals surface area contributed by atoms with Crippen molar-refractivity contribution in [3.8, 4) is 0 Å². The van der Waals surface area contributed by atoms with Gasteiger partial charge in [0, 0.05) is 0 Å². The second kappa shape index (κ2) is 2.20. The molecule has 1 spiro atoms. The van der Waals surface area contributed by atoms with Gasteiger partial charge in [-0.1, -0.05) is 6.58 Å². The van der Waals surface area contributed by atoms with Gasteiger partial charge in [-0.3, -0.25) is 14.2 Å². The first kappa shape index (κ1) is 7.09. The maximum absolute atomic E-state index is 5.25. The molecule has 4 nitrogen and oxygen atoms in total. The third-order valence-corrected chi connectivity index (χ3v) is 1.52. The highest BCUT2D eigenvalue weighted by Crippen LogP contribution is 2.33. The average molecular weight is 158 g/mol. The summed E-state index contributed by atoms with van der Waals surface area (Å²) in [6.07, 6.45) is -1.25. The minimum absolute atomic E-state index is 0.0147. The fourth-order valence-electron chi connectivity index (χ4n) is 1.07. The molecule has 4 heteroatoms. The van der Waals surface area contributed by atoms with Gasteiger partial charge in [0.2, 0.25) is 0 Å². The van der Waals surface area contributed by atoms with Gasteiger partial charge in [0.1, 0.15) is 12.4 Å². The normalized spacial score (nSPS) is 43.4. The average Bonchev–Trinajstić information content (AvgIpc) is 2.44. The largest absolute Gasteiger partial charge is 0.461 e. The zero-order chi connectivity index (χ0) is 7.90. The van der Waals surface area contributed by atoms with Crippen molar-refractivity contribution < 1.29 is 18.9 Å². The van der Waals surface area contributed by atoms with Crippen molar-refractivity contribution in [2.45, 2.75) is 19.2 Å². The van der Waals surface area contributed by atoms with E-state index in [2.05, 4.69) is 6.58 Å². The Morgan fingerprint density at radius 3 is 2.82 bits per heavy atom. The van der Waals surface area contributed by atoms with Crippen molar-refractivity contribution in [2.24, 2.45) is 0 Å². The predicted octanol–water partition coefficient (Wildman–Crippen LogP) is 0.594. The van der Waals surface area contributed by atoms with Gasteiger partial charge in [0.15, 0.2) is 0 Å². The van der Waals surface area contributed by atoms with E-state index in [0.29, 0.717) is 19.0 Å².